The van der Waals surface area contributed by atoms with Crippen LogP contribution in [0.1, 0.15) is 27.2 Å². The van der Waals surface area contributed by atoms with E-state index in [2.05, 4.69) is 42.0 Å². The Morgan fingerprint density at radius 1 is 1.40 bits per heavy atom. The predicted molar refractivity (Wildman–Crippen MR) is 71.7 cm³/mol. The van der Waals surface area contributed by atoms with Gasteiger partial charge in [-0.05, 0) is 46.5 Å². The van der Waals surface area contributed by atoms with Gasteiger partial charge in [0.25, 0.3) is 0 Å². The van der Waals surface area contributed by atoms with Crippen molar-refractivity contribution in [2.45, 2.75) is 33.2 Å². The smallest absolute Gasteiger partial charge is 0.0501 e. The SMILES string of the molecule is CCC(Nc1cc(Cl)ccc1Br)C(C)C. The van der Waals surface area contributed by atoms with Gasteiger partial charge in [-0.1, -0.05) is 32.4 Å². The minimum Gasteiger partial charge on any atom is -0.381 e. The first-order chi connectivity index (χ1) is 7.04. The fourth-order valence-corrected chi connectivity index (χ4v) is 2.08. The molecule has 0 aliphatic heterocycles. The quantitative estimate of drug-likeness (QED) is 0.827. The van der Waals surface area contributed by atoms with Crippen molar-refractivity contribution in [3.8, 4) is 0 Å². The summed E-state index contributed by atoms with van der Waals surface area (Å²) < 4.78 is 1.06. The average molecular weight is 291 g/mol. The first-order valence-electron chi connectivity index (χ1n) is 5.26. The summed E-state index contributed by atoms with van der Waals surface area (Å²) in [6, 6.07) is 6.29. The number of rotatable bonds is 4. The van der Waals surface area contributed by atoms with E-state index in [9.17, 15) is 0 Å². The van der Waals surface area contributed by atoms with Gasteiger partial charge in [-0.3, -0.25) is 0 Å². The average Bonchev–Trinajstić information content (AvgIpc) is 2.18. The highest BCUT2D eigenvalue weighted by atomic mass is 79.9. The van der Waals surface area contributed by atoms with E-state index in [0.29, 0.717) is 12.0 Å². The molecule has 0 aliphatic carbocycles. The van der Waals surface area contributed by atoms with Gasteiger partial charge in [-0.25, -0.2) is 0 Å². The van der Waals surface area contributed by atoms with Crippen molar-refractivity contribution in [1.29, 1.82) is 0 Å². The van der Waals surface area contributed by atoms with Crippen LogP contribution in [0.4, 0.5) is 5.69 Å². The summed E-state index contributed by atoms with van der Waals surface area (Å²) in [5.74, 6) is 0.612. The zero-order valence-corrected chi connectivity index (χ0v) is 11.7. The molecule has 0 saturated carbocycles. The summed E-state index contributed by atoms with van der Waals surface area (Å²) in [6.07, 6.45) is 1.11. The van der Waals surface area contributed by atoms with Crippen molar-refractivity contribution in [3.05, 3.63) is 27.7 Å². The van der Waals surface area contributed by atoms with Crippen molar-refractivity contribution in [2.75, 3.05) is 5.32 Å². The maximum Gasteiger partial charge on any atom is 0.0501 e. The van der Waals surface area contributed by atoms with Crippen LogP contribution in [0.5, 0.6) is 0 Å². The van der Waals surface area contributed by atoms with E-state index in [1.807, 2.05) is 18.2 Å². The second-order valence-corrected chi connectivity index (χ2v) is 5.32. The topological polar surface area (TPSA) is 12.0 Å². The maximum absolute atomic E-state index is 5.96. The van der Waals surface area contributed by atoms with E-state index in [0.717, 1.165) is 21.6 Å². The highest BCUT2D eigenvalue weighted by molar-refractivity contribution is 9.10. The molecule has 0 aromatic heterocycles. The Hall–Kier alpha value is -0.210. The normalized spacial score (nSPS) is 12.9. The fraction of sp³-hybridized carbons (Fsp3) is 0.500. The Bertz CT molecular complexity index is 325. The minimum atomic E-state index is 0.486. The maximum atomic E-state index is 5.96. The van der Waals surface area contributed by atoms with Gasteiger partial charge in [-0.15, -0.1) is 0 Å². The van der Waals surface area contributed by atoms with Crippen molar-refractivity contribution >= 4 is 33.2 Å². The third-order valence-corrected chi connectivity index (χ3v) is 3.44. The van der Waals surface area contributed by atoms with Crippen LogP contribution in [0.25, 0.3) is 0 Å². The lowest BCUT2D eigenvalue weighted by molar-refractivity contribution is 0.511. The molecule has 1 unspecified atom stereocenters. The number of hydrogen-bond acceptors (Lipinski definition) is 1. The van der Waals surface area contributed by atoms with Crippen LogP contribution in [0, 0.1) is 5.92 Å². The Morgan fingerprint density at radius 3 is 2.60 bits per heavy atom. The molecular formula is C12H17BrClN. The van der Waals surface area contributed by atoms with Crippen LogP contribution >= 0.6 is 27.5 Å². The van der Waals surface area contributed by atoms with Gasteiger partial charge < -0.3 is 5.32 Å². The molecule has 0 radical (unpaired) electrons. The summed E-state index contributed by atoms with van der Waals surface area (Å²) in [6.45, 7) is 6.63. The molecular weight excluding hydrogens is 273 g/mol. The molecule has 1 aromatic rings. The number of halogens is 2. The van der Waals surface area contributed by atoms with Gasteiger partial charge in [-0.2, -0.15) is 0 Å². The predicted octanol–water partition coefficient (Wildman–Crippen LogP) is 4.95. The lowest BCUT2D eigenvalue weighted by Crippen LogP contribution is -2.24. The third kappa shape index (κ3) is 3.69. The van der Waals surface area contributed by atoms with Gasteiger partial charge in [0.1, 0.15) is 0 Å². The zero-order chi connectivity index (χ0) is 11.4. The summed E-state index contributed by atoms with van der Waals surface area (Å²) in [4.78, 5) is 0. The fourth-order valence-electron chi connectivity index (χ4n) is 1.55. The van der Waals surface area contributed by atoms with Crippen molar-refractivity contribution in [2.24, 2.45) is 5.92 Å². The van der Waals surface area contributed by atoms with E-state index in [4.69, 9.17) is 11.6 Å². The molecule has 0 heterocycles. The van der Waals surface area contributed by atoms with Crippen LogP contribution in [0.2, 0.25) is 5.02 Å². The van der Waals surface area contributed by atoms with E-state index < -0.39 is 0 Å². The summed E-state index contributed by atoms with van der Waals surface area (Å²) in [5.41, 5.74) is 1.07. The summed E-state index contributed by atoms with van der Waals surface area (Å²) in [5, 5.41) is 4.27. The van der Waals surface area contributed by atoms with E-state index in [1.54, 1.807) is 0 Å². The van der Waals surface area contributed by atoms with Crippen LogP contribution < -0.4 is 5.32 Å². The third-order valence-electron chi connectivity index (χ3n) is 2.51. The van der Waals surface area contributed by atoms with Crippen molar-refractivity contribution < 1.29 is 0 Å². The van der Waals surface area contributed by atoms with Crippen LogP contribution in [0.3, 0.4) is 0 Å². The van der Waals surface area contributed by atoms with Gasteiger partial charge in [0.15, 0.2) is 0 Å². The molecule has 84 valence electrons. The Labute approximate surface area is 105 Å². The molecule has 0 saturated heterocycles. The molecule has 3 heteroatoms. The van der Waals surface area contributed by atoms with E-state index in [1.165, 1.54) is 0 Å². The lowest BCUT2D eigenvalue weighted by atomic mass is 10.0. The largest absolute Gasteiger partial charge is 0.381 e. The molecule has 1 nitrogen and oxygen atoms in total. The second kappa shape index (κ2) is 5.76. The van der Waals surface area contributed by atoms with E-state index >= 15 is 0 Å². The Balaban J connectivity index is 2.82. The van der Waals surface area contributed by atoms with Crippen molar-refractivity contribution in [3.63, 3.8) is 0 Å². The summed E-state index contributed by atoms with van der Waals surface area (Å²) in [7, 11) is 0. The first kappa shape index (κ1) is 12.9. The summed E-state index contributed by atoms with van der Waals surface area (Å²) >= 11 is 9.48. The molecule has 1 aromatic carbocycles. The molecule has 0 aliphatic rings. The molecule has 0 bridgehead atoms. The highest BCUT2D eigenvalue weighted by Gasteiger charge is 2.12. The van der Waals surface area contributed by atoms with Gasteiger partial charge in [0.05, 0.1) is 5.69 Å². The standard InChI is InChI=1S/C12H17BrClN/c1-4-11(8(2)3)15-12-7-9(14)5-6-10(12)13/h5-8,11,15H,4H2,1-3H3. The van der Waals surface area contributed by atoms with Crippen molar-refractivity contribution in [1.82, 2.24) is 0 Å². The molecule has 1 N–H and O–H groups in total. The van der Waals surface area contributed by atoms with Gasteiger partial charge in [0.2, 0.25) is 0 Å². The molecule has 0 spiro atoms. The number of anilines is 1. The Morgan fingerprint density at radius 2 is 2.07 bits per heavy atom. The molecule has 1 atom stereocenters. The molecule has 0 amide bonds. The van der Waals surface area contributed by atoms with Crippen LogP contribution in [-0.4, -0.2) is 6.04 Å². The molecule has 15 heavy (non-hydrogen) atoms. The monoisotopic (exact) mass is 289 g/mol. The Kier molecular flexibility index (Phi) is 4.94. The number of hydrogen-bond donors (Lipinski definition) is 1. The number of benzene rings is 1. The second-order valence-electron chi connectivity index (χ2n) is 4.03. The lowest BCUT2D eigenvalue weighted by Gasteiger charge is -2.22. The van der Waals surface area contributed by atoms with Crippen LogP contribution in [0.15, 0.2) is 22.7 Å². The van der Waals surface area contributed by atoms with Crippen LogP contribution in [-0.2, 0) is 0 Å². The highest BCUT2D eigenvalue weighted by Crippen LogP contribution is 2.27. The first-order valence-corrected chi connectivity index (χ1v) is 6.43. The van der Waals surface area contributed by atoms with E-state index in [-0.39, 0.29) is 0 Å². The number of nitrogens with one attached hydrogen (secondary N) is 1. The zero-order valence-electron chi connectivity index (χ0n) is 9.35. The molecule has 1 rings (SSSR count). The van der Waals surface area contributed by atoms with Gasteiger partial charge >= 0.3 is 0 Å². The van der Waals surface area contributed by atoms with Gasteiger partial charge in [0, 0.05) is 15.5 Å². The molecule has 0 fully saturated rings. The minimum absolute atomic E-state index is 0.486.